The first-order chi connectivity index (χ1) is 8.95. The summed E-state index contributed by atoms with van der Waals surface area (Å²) in [6.45, 7) is 10.9. The van der Waals surface area contributed by atoms with Gasteiger partial charge < -0.3 is 9.53 Å². The molecule has 2 heteroatoms. The molecule has 0 saturated carbocycles. The molecule has 106 valence electrons. The summed E-state index contributed by atoms with van der Waals surface area (Å²) >= 11 is 0. The maximum absolute atomic E-state index is 11.1. The Balaban J connectivity index is 2.81. The summed E-state index contributed by atoms with van der Waals surface area (Å²) in [5, 5.41) is 0. The zero-order chi connectivity index (χ0) is 14.4. The Morgan fingerprint density at radius 3 is 2.53 bits per heavy atom. The molecule has 0 amide bonds. The van der Waals surface area contributed by atoms with Gasteiger partial charge in [-0.25, -0.2) is 0 Å². The highest BCUT2D eigenvalue weighted by Crippen LogP contribution is 2.26. The lowest BCUT2D eigenvalue weighted by Gasteiger charge is -2.16. The third-order valence-electron chi connectivity index (χ3n) is 3.52. The smallest absolute Gasteiger partial charge is 0.130 e. The highest BCUT2D eigenvalue weighted by Gasteiger charge is 2.11. The van der Waals surface area contributed by atoms with Gasteiger partial charge in [-0.3, -0.25) is 0 Å². The van der Waals surface area contributed by atoms with Crippen molar-refractivity contribution >= 4 is 5.78 Å². The zero-order valence-electron chi connectivity index (χ0n) is 12.9. The number of hydrogen-bond acceptors (Lipinski definition) is 2. The van der Waals surface area contributed by atoms with Crippen LogP contribution in [-0.2, 0) is 11.2 Å². The van der Waals surface area contributed by atoms with Crippen molar-refractivity contribution in [2.75, 3.05) is 6.61 Å². The van der Waals surface area contributed by atoms with Crippen LogP contribution in [0.15, 0.2) is 12.1 Å². The summed E-state index contributed by atoms with van der Waals surface area (Å²) < 4.78 is 5.74. The molecule has 0 saturated heterocycles. The molecular weight excluding hydrogens is 236 g/mol. The number of hydrogen-bond donors (Lipinski definition) is 0. The molecule has 2 nitrogen and oxygen atoms in total. The average molecular weight is 262 g/mol. The molecule has 0 radical (unpaired) electrons. The summed E-state index contributed by atoms with van der Waals surface area (Å²) in [5.74, 6) is 1.66. The van der Waals surface area contributed by atoms with Crippen molar-refractivity contribution in [2.45, 2.75) is 53.9 Å². The average Bonchev–Trinajstić information content (AvgIpc) is 2.33. The lowest BCUT2D eigenvalue weighted by atomic mass is 9.92. The molecule has 0 fully saturated rings. The standard InChI is InChI=1S/C17H26O2/c1-6-9-19-17-8-7-16(14(4)15(17)5)11-12(2)10-13(3)18/h7-8,12H,6,9-11H2,1-5H3. The van der Waals surface area contributed by atoms with Crippen molar-refractivity contribution in [3.05, 3.63) is 28.8 Å². The van der Waals surface area contributed by atoms with E-state index in [1.54, 1.807) is 6.92 Å². The van der Waals surface area contributed by atoms with E-state index in [-0.39, 0.29) is 5.78 Å². The van der Waals surface area contributed by atoms with E-state index in [1.807, 2.05) is 0 Å². The molecule has 1 rings (SSSR count). The van der Waals surface area contributed by atoms with Crippen molar-refractivity contribution in [3.63, 3.8) is 0 Å². The van der Waals surface area contributed by atoms with E-state index in [1.165, 1.54) is 16.7 Å². The first kappa shape index (κ1) is 15.7. The minimum absolute atomic E-state index is 0.268. The fourth-order valence-corrected chi connectivity index (χ4v) is 2.38. The summed E-state index contributed by atoms with van der Waals surface area (Å²) in [6, 6.07) is 4.21. The predicted octanol–water partition coefficient (Wildman–Crippen LogP) is 4.25. The number of Topliss-reactive ketones (excluding diaryl/α,β-unsaturated/α-hetero) is 1. The summed E-state index contributed by atoms with van der Waals surface area (Å²) in [6.07, 6.45) is 2.64. The molecule has 0 aliphatic rings. The number of carbonyl (C=O) groups excluding carboxylic acids is 1. The minimum Gasteiger partial charge on any atom is -0.493 e. The number of carbonyl (C=O) groups is 1. The van der Waals surface area contributed by atoms with Gasteiger partial charge in [0.25, 0.3) is 0 Å². The summed E-state index contributed by atoms with van der Waals surface area (Å²) in [5.41, 5.74) is 3.85. The van der Waals surface area contributed by atoms with Crippen LogP contribution < -0.4 is 4.74 Å². The lowest BCUT2D eigenvalue weighted by Crippen LogP contribution is -2.07. The van der Waals surface area contributed by atoms with Crippen molar-refractivity contribution in [3.8, 4) is 5.75 Å². The molecule has 0 bridgehead atoms. The summed E-state index contributed by atoms with van der Waals surface area (Å²) in [4.78, 5) is 11.1. The molecule has 0 heterocycles. The van der Waals surface area contributed by atoms with E-state index in [0.717, 1.165) is 25.2 Å². The predicted molar refractivity (Wildman–Crippen MR) is 79.9 cm³/mol. The van der Waals surface area contributed by atoms with Gasteiger partial charge in [0, 0.05) is 6.42 Å². The third kappa shape index (κ3) is 4.70. The fraction of sp³-hybridized carbons (Fsp3) is 0.588. The molecule has 1 aromatic rings. The van der Waals surface area contributed by atoms with Crippen molar-refractivity contribution < 1.29 is 9.53 Å². The first-order valence-electron chi connectivity index (χ1n) is 7.17. The van der Waals surface area contributed by atoms with Gasteiger partial charge >= 0.3 is 0 Å². The van der Waals surface area contributed by atoms with E-state index in [2.05, 4.69) is 39.8 Å². The van der Waals surface area contributed by atoms with Crippen LogP contribution in [0.25, 0.3) is 0 Å². The Hall–Kier alpha value is -1.31. The molecule has 0 aliphatic heterocycles. The maximum atomic E-state index is 11.1. The van der Waals surface area contributed by atoms with Gasteiger partial charge in [-0.2, -0.15) is 0 Å². The Morgan fingerprint density at radius 1 is 1.26 bits per heavy atom. The second-order valence-corrected chi connectivity index (χ2v) is 5.54. The van der Waals surface area contributed by atoms with Crippen LogP contribution in [0.4, 0.5) is 0 Å². The summed E-state index contributed by atoms with van der Waals surface area (Å²) in [7, 11) is 0. The minimum atomic E-state index is 0.268. The topological polar surface area (TPSA) is 26.3 Å². The normalized spacial score (nSPS) is 12.3. The van der Waals surface area contributed by atoms with Gasteiger partial charge in [-0.05, 0) is 62.3 Å². The highest BCUT2D eigenvalue weighted by atomic mass is 16.5. The van der Waals surface area contributed by atoms with Gasteiger partial charge in [0.15, 0.2) is 0 Å². The van der Waals surface area contributed by atoms with Crippen LogP contribution in [0, 0.1) is 19.8 Å². The molecular formula is C17H26O2. The SMILES string of the molecule is CCCOc1ccc(CC(C)CC(C)=O)c(C)c1C. The quantitative estimate of drug-likeness (QED) is 0.734. The number of ketones is 1. The Morgan fingerprint density at radius 2 is 1.95 bits per heavy atom. The molecule has 1 unspecified atom stereocenters. The number of benzene rings is 1. The second kappa shape index (κ2) is 7.32. The van der Waals surface area contributed by atoms with E-state index >= 15 is 0 Å². The van der Waals surface area contributed by atoms with E-state index in [9.17, 15) is 4.79 Å². The van der Waals surface area contributed by atoms with Crippen LogP contribution in [0.3, 0.4) is 0 Å². The van der Waals surface area contributed by atoms with Crippen molar-refractivity contribution in [1.82, 2.24) is 0 Å². The first-order valence-corrected chi connectivity index (χ1v) is 7.17. The van der Waals surface area contributed by atoms with Crippen LogP contribution in [0.2, 0.25) is 0 Å². The van der Waals surface area contributed by atoms with Gasteiger partial charge in [0.05, 0.1) is 6.61 Å². The highest BCUT2D eigenvalue weighted by molar-refractivity contribution is 5.75. The van der Waals surface area contributed by atoms with Gasteiger partial charge in [-0.1, -0.05) is 19.9 Å². The van der Waals surface area contributed by atoms with E-state index in [4.69, 9.17) is 4.74 Å². The molecule has 0 spiro atoms. The molecule has 0 N–H and O–H groups in total. The van der Waals surface area contributed by atoms with Crippen LogP contribution in [-0.4, -0.2) is 12.4 Å². The molecule has 0 aliphatic carbocycles. The zero-order valence-corrected chi connectivity index (χ0v) is 12.9. The van der Waals surface area contributed by atoms with E-state index in [0.29, 0.717) is 12.3 Å². The molecule has 1 atom stereocenters. The van der Waals surface area contributed by atoms with Gasteiger partial charge in [-0.15, -0.1) is 0 Å². The monoisotopic (exact) mass is 262 g/mol. The number of rotatable bonds is 7. The van der Waals surface area contributed by atoms with Crippen molar-refractivity contribution in [1.29, 1.82) is 0 Å². The van der Waals surface area contributed by atoms with Gasteiger partial charge in [0.1, 0.15) is 11.5 Å². The third-order valence-corrected chi connectivity index (χ3v) is 3.52. The maximum Gasteiger partial charge on any atom is 0.130 e. The Labute approximate surface area is 117 Å². The van der Waals surface area contributed by atoms with Crippen LogP contribution in [0.5, 0.6) is 5.75 Å². The Kier molecular flexibility index (Phi) is 6.07. The van der Waals surface area contributed by atoms with Gasteiger partial charge in [0.2, 0.25) is 0 Å². The molecule has 0 aromatic heterocycles. The largest absolute Gasteiger partial charge is 0.493 e. The fourth-order valence-electron chi connectivity index (χ4n) is 2.38. The van der Waals surface area contributed by atoms with Crippen LogP contribution >= 0.6 is 0 Å². The molecule has 19 heavy (non-hydrogen) atoms. The van der Waals surface area contributed by atoms with Crippen molar-refractivity contribution in [2.24, 2.45) is 5.92 Å². The van der Waals surface area contributed by atoms with E-state index < -0.39 is 0 Å². The number of ether oxygens (including phenoxy) is 1. The Bertz CT molecular complexity index is 435. The lowest BCUT2D eigenvalue weighted by molar-refractivity contribution is -0.117. The second-order valence-electron chi connectivity index (χ2n) is 5.54. The molecule has 1 aromatic carbocycles. The van der Waals surface area contributed by atoms with Crippen LogP contribution in [0.1, 0.15) is 50.3 Å².